The van der Waals surface area contributed by atoms with Gasteiger partial charge in [-0.1, -0.05) is 24.3 Å². The average Bonchev–Trinajstić information content (AvgIpc) is 2.90. The Hall–Kier alpha value is -2.43. The van der Waals surface area contributed by atoms with Gasteiger partial charge >= 0.3 is 0 Å². The zero-order valence-electron chi connectivity index (χ0n) is 8.38. The minimum absolute atomic E-state index is 0.508. The summed E-state index contributed by atoms with van der Waals surface area (Å²) in [4.78, 5) is 8.57. The quantitative estimate of drug-likeness (QED) is 0.743. The van der Waals surface area contributed by atoms with Gasteiger partial charge in [-0.3, -0.25) is 5.10 Å². The number of aromatic nitrogens is 2. The molecule has 1 aliphatic rings. The van der Waals surface area contributed by atoms with E-state index in [9.17, 15) is 0 Å². The van der Waals surface area contributed by atoms with Gasteiger partial charge in [0.05, 0.1) is 6.20 Å². The predicted octanol–water partition coefficient (Wildman–Crippen LogP) is 1.21. The fraction of sp³-hybridized carbons (Fsp3) is 0. The van der Waals surface area contributed by atoms with Crippen molar-refractivity contribution in [2.24, 2.45) is 15.7 Å². The van der Waals surface area contributed by atoms with Crippen molar-refractivity contribution in [1.82, 2.24) is 10.2 Å². The number of hydrogen-bond donors (Lipinski definition) is 2. The number of fused-ring (bicyclic) bond motifs is 1. The van der Waals surface area contributed by atoms with Crippen LogP contribution < -0.4 is 5.73 Å². The third kappa shape index (κ3) is 1.30. The number of aliphatic imine (C=N–C) groups is 2. The summed E-state index contributed by atoms with van der Waals surface area (Å²) in [6, 6.07) is 9.53. The molecular weight excluding hydrogens is 202 g/mol. The van der Waals surface area contributed by atoms with E-state index in [2.05, 4.69) is 20.2 Å². The first kappa shape index (κ1) is 8.84. The van der Waals surface area contributed by atoms with E-state index in [0.717, 1.165) is 11.1 Å². The van der Waals surface area contributed by atoms with Crippen LogP contribution in [0.2, 0.25) is 0 Å². The Labute approximate surface area is 91.7 Å². The van der Waals surface area contributed by atoms with Crippen molar-refractivity contribution < 1.29 is 0 Å². The second kappa shape index (κ2) is 3.30. The molecule has 2 heterocycles. The fourth-order valence-corrected chi connectivity index (χ4v) is 1.65. The minimum atomic E-state index is 0.508. The summed E-state index contributed by atoms with van der Waals surface area (Å²) in [6.45, 7) is 0. The Morgan fingerprint density at radius 2 is 1.94 bits per heavy atom. The molecule has 2 aromatic rings. The summed E-state index contributed by atoms with van der Waals surface area (Å²) < 4.78 is 0. The van der Waals surface area contributed by atoms with Crippen molar-refractivity contribution in [2.45, 2.75) is 0 Å². The number of hydrogen-bond acceptors (Lipinski definition) is 3. The van der Waals surface area contributed by atoms with Gasteiger partial charge in [0.1, 0.15) is 11.7 Å². The lowest BCUT2D eigenvalue weighted by molar-refractivity contribution is 1.08. The van der Waals surface area contributed by atoms with Crippen molar-refractivity contribution in [3.63, 3.8) is 0 Å². The van der Waals surface area contributed by atoms with E-state index in [1.807, 2.05) is 24.3 Å². The van der Waals surface area contributed by atoms with Gasteiger partial charge < -0.3 is 5.73 Å². The smallest absolute Gasteiger partial charge is 0.164 e. The molecule has 1 aromatic heterocycles. The zero-order valence-corrected chi connectivity index (χ0v) is 8.38. The summed E-state index contributed by atoms with van der Waals surface area (Å²) in [6.07, 6.45) is 1.65. The van der Waals surface area contributed by atoms with Gasteiger partial charge in [-0.05, 0) is 0 Å². The van der Waals surface area contributed by atoms with Crippen LogP contribution in [0.15, 0.2) is 46.5 Å². The molecular formula is C11H9N5. The number of aromatic amines is 1. The first-order chi connectivity index (χ1) is 7.84. The molecule has 3 N–H and O–H groups in total. The number of nitrogens with two attached hydrogens (primary N) is 1. The predicted molar refractivity (Wildman–Crippen MR) is 62.0 cm³/mol. The molecule has 0 fully saturated rings. The normalized spacial score (nSPS) is 16.2. The van der Waals surface area contributed by atoms with Crippen LogP contribution in [-0.4, -0.2) is 21.9 Å². The molecule has 78 valence electrons. The average molecular weight is 211 g/mol. The number of amidine groups is 2. The zero-order chi connectivity index (χ0) is 11.0. The monoisotopic (exact) mass is 211 g/mol. The van der Waals surface area contributed by atoms with Crippen LogP contribution in [0.25, 0.3) is 0 Å². The number of rotatable bonds is 1. The number of nitrogens with one attached hydrogen (secondary N) is 1. The highest BCUT2D eigenvalue weighted by molar-refractivity contribution is 6.22. The van der Waals surface area contributed by atoms with E-state index >= 15 is 0 Å². The maximum Gasteiger partial charge on any atom is 0.164 e. The number of H-pyrrole nitrogens is 1. The Morgan fingerprint density at radius 1 is 1.12 bits per heavy atom. The highest BCUT2D eigenvalue weighted by Gasteiger charge is 2.18. The Morgan fingerprint density at radius 3 is 2.69 bits per heavy atom. The molecule has 0 bridgehead atoms. The molecule has 0 saturated heterocycles. The summed E-state index contributed by atoms with van der Waals surface area (Å²) in [5.74, 6) is 1.80. The minimum Gasteiger partial charge on any atom is -0.383 e. The van der Waals surface area contributed by atoms with Crippen molar-refractivity contribution >= 4 is 17.5 Å². The van der Waals surface area contributed by atoms with E-state index in [4.69, 9.17) is 5.73 Å². The van der Waals surface area contributed by atoms with Crippen LogP contribution in [0.3, 0.4) is 0 Å². The fourth-order valence-electron chi connectivity index (χ4n) is 1.65. The van der Waals surface area contributed by atoms with Crippen LogP contribution in [0, 0.1) is 0 Å². The summed E-state index contributed by atoms with van der Waals surface area (Å²) in [7, 11) is 0. The Kier molecular flexibility index (Phi) is 1.83. The van der Waals surface area contributed by atoms with Gasteiger partial charge in [-0.2, -0.15) is 5.10 Å². The van der Waals surface area contributed by atoms with Crippen molar-refractivity contribution in [1.29, 1.82) is 0 Å². The molecule has 1 aliphatic heterocycles. The topological polar surface area (TPSA) is 79.4 Å². The first-order valence-corrected chi connectivity index (χ1v) is 4.86. The molecule has 1 aromatic carbocycles. The maximum absolute atomic E-state index is 5.81. The van der Waals surface area contributed by atoms with Crippen molar-refractivity contribution in [3.05, 3.63) is 47.7 Å². The van der Waals surface area contributed by atoms with Crippen LogP contribution in [-0.2, 0) is 0 Å². The molecule has 5 heteroatoms. The highest BCUT2D eigenvalue weighted by Crippen LogP contribution is 2.19. The summed E-state index contributed by atoms with van der Waals surface area (Å²) in [5.41, 5.74) is 7.69. The number of nitrogens with zero attached hydrogens (tertiary/aromatic N) is 3. The van der Waals surface area contributed by atoms with Crippen LogP contribution in [0.5, 0.6) is 0 Å². The molecule has 0 aliphatic carbocycles. The van der Waals surface area contributed by atoms with Gasteiger partial charge in [0, 0.05) is 17.2 Å². The molecule has 0 amide bonds. The van der Waals surface area contributed by atoms with Crippen molar-refractivity contribution in [3.8, 4) is 0 Å². The van der Waals surface area contributed by atoms with Crippen LogP contribution in [0.4, 0.5) is 5.82 Å². The highest BCUT2D eigenvalue weighted by atomic mass is 15.2. The van der Waals surface area contributed by atoms with E-state index < -0.39 is 0 Å². The molecule has 0 unspecified atom stereocenters. The molecule has 0 spiro atoms. The first-order valence-electron chi connectivity index (χ1n) is 4.86. The summed E-state index contributed by atoms with van der Waals surface area (Å²) in [5, 5.41) is 6.59. The second-order valence-electron chi connectivity index (χ2n) is 3.42. The Bertz CT molecular complexity index is 580. The van der Waals surface area contributed by atoms with E-state index in [-0.39, 0.29) is 0 Å². The maximum atomic E-state index is 5.81. The third-order valence-corrected chi connectivity index (χ3v) is 2.38. The molecule has 16 heavy (non-hydrogen) atoms. The SMILES string of the molecule is NC1=N/C(=N\c2ccn[nH]2)c2ccccc21. The molecule has 5 nitrogen and oxygen atoms in total. The molecule has 0 radical (unpaired) electrons. The lowest BCUT2D eigenvalue weighted by atomic mass is 10.1. The van der Waals surface area contributed by atoms with Gasteiger partial charge in [0.25, 0.3) is 0 Å². The Balaban J connectivity index is 2.13. The molecule has 0 saturated carbocycles. The van der Waals surface area contributed by atoms with Crippen molar-refractivity contribution in [2.75, 3.05) is 0 Å². The van der Waals surface area contributed by atoms with E-state index in [1.165, 1.54) is 0 Å². The largest absolute Gasteiger partial charge is 0.383 e. The van der Waals surface area contributed by atoms with Gasteiger partial charge in [-0.25, -0.2) is 9.98 Å². The molecule has 3 rings (SSSR count). The van der Waals surface area contributed by atoms with E-state index in [0.29, 0.717) is 17.5 Å². The lowest BCUT2D eigenvalue weighted by Crippen LogP contribution is -2.09. The molecule has 0 atom stereocenters. The second-order valence-corrected chi connectivity index (χ2v) is 3.42. The standard InChI is InChI=1S/C11H9N5/c12-10-7-3-1-2-4-8(7)11(15-10)14-9-5-6-13-16-9/h1-6H,(H3,12,13,14,15,16). The summed E-state index contributed by atoms with van der Waals surface area (Å²) >= 11 is 0. The van der Waals surface area contributed by atoms with Crippen LogP contribution in [0.1, 0.15) is 11.1 Å². The third-order valence-electron chi connectivity index (χ3n) is 2.38. The lowest BCUT2D eigenvalue weighted by Gasteiger charge is -1.96. The van der Waals surface area contributed by atoms with Crippen LogP contribution >= 0.6 is 0 Å². The van der Waals surface area contributed by atoms with E-state index in [1.54, 1.807) is 12.3 Å². The number of benzene rings is 1. The van der Waals surface area contributed by atoms with Gasteiger partial charge in [-0.15, -0.1) is 0 Å². The van der Waals surface area contributed by atoms with Gasteiger partial charge in [0.15, 0.2) is 5.84 Å². The van der Waals surface area contributed by atoms with Gasteiger partial charge in [0.2, 0.25) is 0 Å².